The third-order valence-corrected chi connectivity index (χ3v) is 12.2. The Hall–Kier alpha value is -3.30. The molecule has 0 unspecified atom stereocenters. The monoisotopic (exact) mass is 607 g/mol. The Kier molecular flexibility index (Phi) is 8.95. The number of thiophene rings is 1. The fourth-order valence-electron chi connectivity index (χ4n) is 4.61. The van der Waals surface area contributed by atoms with Gasteiger partial charge in [0.25, 0.3) is 0 Å². The van der Waals surface area contributed by atoms with Crippen molar-refractivity contribution in [3.05, 3.63) is 65.5 Å². The summed E-state index contributed by atoms with van der Waals surface area (Å²) in [6.07, 6.45) is 1.04. The third kappa shape index (κ3) is 6.36. The van der Waals surface area contributed by atoms with E-state index in [1.54, 1.807) is 41.9 Å². The first-order chi connectivity index (χ1) is 19.0. The standard InChI is InChI=1S/C26H29N3O8S3/c1-37-20-7-9-21(10-8-20)40(35,36)27-17-25(31)28-19-6-4-5-18(15-19)22-11-12-23(38-22)26(16-24(30)29-32)13-2-3-14-39(26,33)34/h4-12,15,27,32H,2-3,13-14,16-17H2,1H3,(H,28,31)(H,29,30)/t26-/m0/s1. The summed E-state index contributed by atoms with van der Waals surface area (Å²) in [7, 11) is -6.11. The van der Waals surface area contributed by atoms with Crippen molar-refractivity contribution < 1.29 is 36.4 Å². The minimum absolute atomic E-state index is 0.00850. The zero-order valence-corrected chi connectivity index (χ0v) is 24.0. The summed E-state index contributed by atoms with van der Waals surface area (Å²) in [6, 6.07) is 16.0. The summed E-state index contributed by atoms with van der Waals surface area (Å²) in [4.78, 5) is 25.8. The number of carbonyl (C=O) groups is 2. The third-order valence-electron chi connectivity index (χ3n) is 6.69. The van der Waals surface area contributed by atoms with Crippen LogP contribution in [0.2, 0.25) is 0 Å². The fourth-order valence-corrected chi connectivity index (χ4v) is 9.36. The summed E-state index contributed by atoms with van der Waals surface area (Å²) in [6.45, 7) is -0.491. The first-order valence-electron chi connectivity index (χ1n) is 12.3. The number of ether oxygens (including phenoxy) is 1. The van der Waals surface area contributed by atoms with Crippen molar-refractivity contribution in [2.24, 2.45) is 0 Å². The van der Waals surface area contributed by atoms with Crippen molar-refractivity contribution in [2.75, 3.05) is 24.7 Å². The highest BCUT2D eigenvalue weighted by Gasteiger charge is 2.49. The van der Waals surface area contributed by atoms with Crippen molar-refractivity contribution >= 4 is 48.7 Å². The lowest BCUT2D eigenvalue weighted by Crippen LogP contribution is -2.43. The number of anilines is 1. The van der Waals surface area contributed by atoms with Gasteiger partial charge in [-0.05, 0) is 66.9 Å². The highest BCUT2D eigenvalue weighted by Crippen LogP contribution is 2.47. The minimum atomic E-state index is -3.92. The zero-order valence-electron chi connectivity index (χ0n) is 21.5. The van der Waals surface area contributed by atoms with E-state index in [1.165, 1.54) is 42.7 Å². The van der Waals surface area contributed by atoms with Gasteiger partial charge < -0.3 is 10.1 Å². The Morgan fingerprint density at radius 3 is 2.48 bits per heavy atom. The molecule has 1 aromatic heterocycles. The average Bonchev–Trinajstić information content (AvgIpc) is 3.44. The fraction of sp³-hybridized carbons (Fsp3) is 0.308. The molecular weight excluding hydrogens is 579 g/mol. The molecule has 4 N–H and O–H groups in total. The highest BCUT2D eigenvalue weighted by molar-refractivity contribution is 7.92. The molecule has 40 heavy (non-hydrogen) atoms. The molecule has 0 aliphatic carbocycles. The lowest BCUT2D eigenvalue weighted by molar-refractivity contribution is -0.130. The van der Waals surface area contributed by atoms with Crippen LogP contribution in [-0.2, 0) is 34.2 Å². The number of benzene rings is 2. The van der Waals surface area contributed by atoms with E-state index in [0.717, 1.165) is 4.88 Å². The van der Waals surface area contributed by atoms with Crippen LogP contribution in [0.25, 0.3) is 10.4 Å². The molecular formula is C26H29N3O8S3. The van der Waals surface area contributed by atoms with E-state index in [2.05, 4.69) is 10.0 Å². The smallest absolute Gasteiger partial charge is 0.245 e. The first kappa shape index (κ1) is 29.7. The summed E-state index contributed by atoms with van der Waals surface area (Å²) < 4.78 is 57.2. The van der Waals surface area contributed by atoms with Gasteiger partial charge in [0.05, 0.1) is 30.7 Å². The van der Waals surface area contributed by atoms with E-state index in [0.29, 0.717) is 34.7 Å². The molecule has 1 fully saturated rings. The number of hydroxylamine groups is 1. The Morgan fingerprint density at radius 2 is 1.80 bits per heavy atom. The van der Waals surface area contributed by atoms with E-state index in [4.69, 9.17) is 9.94 Å². The molecule has 14 heteroatoms. The van der Waals surface area contributed by atoms with Crippen LogP contribution in [0, 0.1) is 0 Å². The van der Waals surface area contributed by atoms with Crippen LogP contribution in [0.5, 0.6) is 5.75 Å². The number of amides is 2. The molecule has 1 aliphatic heterocycles. The molecule has 11 nitrogen and oxygen atoms in total. The van der Waals surface area contributed by atoms with Crippen LogP contribution in [0.4, 0.5) is 5.69 Å². The van der Waals surface area contributed by atoms with Gasteiger partial charge >= 0.3 is 0 Å². The Bertz CT molecular complexity index is 1600. The van der Waals surface area contributed by atoms with Gasteiger partial charge in [-0.15, -0.1) is 11.3 Å². The number of hydrogen-bond acceptors (Lipinski definition) is 9. The maximum Gasteiger partial charge on any atom is 0.245 e. The van der Waals surface area contributed by atoms with Gasteiger partial charge in [0, 0.05) is 15.4 Å². The average molecular weight is 608 g/mol. The lowest BCUT2D eigenvalue weighted by Gasteiger charge is -2.35. The van der Waals surface area contributed by atoms with Gasteiger partial charge in [-0.3, -0.25) is 14.8 Å². The molecule has 1 atom stereocenters. The van der Waals surface area contributed by atoms with Gasteiger partial charge in [0.2, 0.25) is 21.8 Å². The van der Waals surface area contributed by atoms with E-state index >= 15 is 0 Å². The lowest BCUT2D eigenvalue weighted by atomic mass is 9.94. The van der Waals surface area contributed by atoms with E-state index < -0.39 is 43.0 Å². The number of methoxy groups -OCH3 is 1. The van der Waals surface area contributed by atoms with Crippen molar-refractivity contribution in [2.45, 2.75) is 35.3 Å². The highest BCUT2D eigenvalue weighted by atomic mass is 32.2. The SMILES string of the molecule is COc1ccc(S(=O)(=O)NCC(=O)Nc2cccc(-c3ccc([C@@]4(CC(=O)NO)CCCCS4(=O)=O)s3)c2)cc1. The van der Waals surface area contributed by atoms with Crippen molar-refractivity contribution in [3.8, 4) is 16.2 Å². The topological polar surface area (TPSA) is 168 Å². The van der Waals surface area contributed by atoms with Crippen molar-refractivity contribution in [3.63, 3.8) is 0 Å². The molecule has 2 aromatic carbocycles. The van der Waals surface area contributed by atoms with Crippen LogP contribution >= 0.6 is 11.3 Å². The number of sulfonamides is 1. The number of hydrogen-bond donors (Lipinski definition) is 4. The zero-order chi connectivity index (χ0) is 29.0. The van der Waals surface area contributed by atoms with Gasteiger partial charge in [-0.25, -0.2) is 27.0 Å². The van der Waals surface area contributed by atoms with Crippen LogP contribution < -0.4 is 20.3 Å². The minimum Gasteiger partial charge on any atom is -0.497 e. The van der Waals surface area contributed by atoms with Crippen LogP contribution in [0.3, 0.4) is 0 Å². The second-order valence-corrected chi connectivity index (χ2v) is 14.5. The second kappa shape index (κ2) is 12.1. The molecule has 4 rings (SSSR count). The normalized spacial score (nSPS) is 18.6. The van der Waals surface area contributed by atoms with Gasteiger partial charge in [0.1, 0.15) is 10.5 Å². The van der Waals surface area contributed by atoms with Crippen molar-refractivity contribution in [1.82, 2.24) is 10.2 Å². The van der Waals surface area contributed by atoms with E-state index in [9.17, 15) is 26.4 Å². The molecule has 2 heterocycles. The quantitative estimate of drug-likeness (QED) is 0.201. The summed E-state index contributed by atoms with van der Waals surface area (Å²) in [5.41, 5.74) is 2.67. The molecule has 1 aliphatic rings. The molecule has 1 saturated heterocycles. The molecule has 0 spiro atoms. The predicted molar refractivity (Wildman–Crippen MR) is 150 cm³/mol. The largest absolute Gasteiger partial charge is 0.497 e. The van der Waals surface area contributed by atoms with Crippen molar-refractivity contribution in [1.29, 1.82) is 0 Å². The Labute approximate surface area is 236 Å². The maximum absolute atomic E-state index is 13.2. The van der Waals surface area contributed by atoms with Crippen LogP contribution in [0.15, 0.2) is 65.6 Å². The summed E-state index contributed by atoms with van der Waals surface area (Å²) in [5, 5.41) is 11.7. The molecule has 0 saturated carbocycles. The van der Waals surface area contributed by atoms with Crippen LogP contribution in [-0.4, -0.2) is 53.3 Å². The van der Waals surface area contributed by atoms with E-state index in [1.807, 2.05) is 0 Å². The van der Waals surface area contributed by atoms with Gasteiger partial charge in [-0.2, -0.15) is 0 Å². The second-order valence-electron chi connectivity index (χ2n) is 9.27. The number of rotatable bonds is 10. The number of nitrogens with one attached hydrogen (secondary N) is 3. The van der Waals surface area contributed by atoms with Crippen LogP contribution in [0.1, 0.15) is 30.6 Å². The summed E-state index contributed by atoms with van der Waals surface area (Å²) in [5.74, 6) is -0.889. The molecule has 3 aromatic rings. The Morgan fingerprint density at radius 1 is 1.05 bits per heavy atom. The molecule has 0 radical (unpaired) electrons. The maximum atomic E-state index is 13.2. The predicted octanol–water partition coefficient (Wildman–Crippen LogP) is 3.03. The summed E-state index contributed by atoms with van der Waals surface area (Å²) >= 11 is 1.23. The number of sulfone groups is 1. The first-order valence-corrected chi connectivity index (χ1v) is 16.2. The Balaban J connectivity index is 1.48. The van der Waals surface area contributed by atoms with Gasteiger partial charge in [0.15, 0.2) is 9.84 Å². The molecule has 214 valence electrons. The molecule has 2 amide bonds. The van der Waals surface area contributed by atoms with E-state index in [-0.39, 0.29) is 23.5 Å². The number of carbonyl (C=O) groups excluding carboxylic acids is 2. The molecule has 0 bridgehead atoms. The van der Waals surface area contributed by atoms with Gasteiger partial charge in [-0.1, -0.05) is 18.6 Å².